The van der Waals surface area contributed by atoms with Crippen molar-refractivity contribution in [2.24, 2.45) is 0 Å². The molecule has 0 rings (SSSR count). The van der Waals surface area contributed by atoms with Crippen LogP contribution >= 0.6 is 0 Å². The van der Waals surface area contributed by atoms with E-state index in [0.717, 1.165) is 6.42 Å². The van der Waals surface area contributed by atoms with Gasteiger partial charge in [-0.1, -0.05) is 6.92 Å². The predicted molar refractivity (Wildman–Crippen MR) is 34.9 cm³/mol. The van der Waals surface area contributed by atoms with Crippen LogP contribution in [0.2, 0.25) is 0 Å². The minimum Gasteiger partial charge on any atom is -0.358 e. The average Bonchev–Trinajstić information content (AvgIpc) is 0.918. The molecule has 8 heteroatoms. The van der Waals surface area contributed by atoms with Crippen LogP contribution in [0.15, 0.2) is 0 Å². The predicted octanol–water partition coefficient (Wildman–Crippen LogP) is 2.56. The van der Waals surface area contributed by atoms with Crippen LogP contribution in [-0.4, -0.2) is 0 Å². The van der Waals surface area contributed by atoms with E-state index >= 15 is 0 Å². The largest absolute Gasteiger partial charge is 0.358 e. The van der Waals surface area contributed by atoms with E-state index in [1.807, 2.05) is 6.92 Å². The fraction of sp³-hybridized carbons (Fsp3) is 0.333. The summed E-state index contributed by atoms with van der Waals surface area (Å²) in [6.45, 7) is 5.50. The Kier molecular flexibility index (Phi) is 649. The van der Waals surface area contributed by atoms with Crippen molar-refractivity contribution in [2.45, 2.75) is 13.3 Å². The molecule has 0 aromatic carbocycles. The molecule has 0 heterocycles. The standard InChI is InChI=1S/C3H7.3CH3.8Y/c1-3-2;;;;;;;;;;;/h1,3H2,2H3;3*1H3;;;;;;;;/q4*-1;;;;;;;;. The van der Waals surface area contributed by atoms with Crippen molar-refractivity contribution >= 4 is 0 Å². The zero-order valence-corrected chi connectivity index (χ0v) is 32.7. The zero-order chi connectivity index (χ0) is 2.71. The smallest absolute Gasteiger partial charge is 0 e. The summed E-state index contributed by atoms with van der Waals surface area (Å²) in [6, 6.07) is 0. The first-order valence-electron chi connectivity index (χ1n) is 1.21. The van der Waals surface area contributed by atoms with Gasteiger partial charge < -0.3 is 29.2 Å². The Morgan fingerprint density at radius 3 is 0.571 bits per heavy atom. The molecular formula is C6H16Y8-4. The second-order valence-electron chi connectivity index (χ2n) is 0.500. The van der Waals surface area contributed by atoms with Gasteiger partial charge in [0.25, 0.3) is 0 Å². The van der Waals surface area contributed by atoms with Gasteiger partial charge in [0.1, 0.15) is 0 Å². The third-order valence-corrected chi connectivity index (χ3v) is 0. The molecule has 8 radical (unpaired) electrons. The van der Waals surface area contributed by atoms with Crippen LogP contribution in [0.3, 0.4) is 0 Å². The molecule has 0 spiro atoms. The molecule has 0 aromatic heterocycles. The molecule has 0 aliphatic carbocycles. The second-order valence-corrected chi connectivity index (χ2v) is 0.500. The molecule has 0 fully saturated rings. The molecule has 0 nitrogen and oxygen atoms in total. The van der Waals surface area contributed by atoms with Crippen LogP contribution in [0.4, 0.5) is 0 Å². The van der Waals surface area contributed by atoms with E-state index in [0.29, 0.717) is 0 Å². The molecule has 0 atom stereocenters. The molecular weight excluding hydrogens is 783 g/mol. The SMILES string of the molecule is [CH2-]CC.[CH3-].[CH3-].[CH3-].[Y].[Y].[Y].[Y].[Y].[Y].[Y].[Y]. The first kappa shape index (κ1) is 92.8. The van der Waals surface area contributed by atoms with Crippen molar-refractivity contribution in [3.63, 3.8) is 0 Å². The summed E-state index contributed by atoms with van der Waals surface area (Å²) >= 11 is 0. The van der Waals surface area contributed by atoms with Gasteiger partial charge in [0.2, 0.25) is 0 Å². The molecule has 0 aliphatic rings. The summed E-state index contributed by atoms with van der Waals surface area (Å²) in [7, 11) is 0. The molecule has 0 amide bonds. The van der Waals surface area contributed by atoms with Crippen LogP contribution < -0.4 is 0 Å². The van der Waals surface area contributed by atoms with Crippen molar-refractivity contribution < 1.29 is 262 Å². The van der Waals surface area contributed by atoms with Crippen molar-refractivity contribution in [2.75, 3.05) is 0 Å². The Hall–Kier alpha value is 8.83. The van der Waals surface area contributed by atoms with Gasteiger partial charge in [-0.15, -0.1) is 0 Å². The minimum atomic E-state index is 0. The van der Waals surface area contributed by atoms with Crippen LogP contribution in [0, 0.1) is 29.2 Å². The Morgan fingerprint density at radius 2 is 0.571 bits per heavy atom. The fourth-order valence-corrected chi connectivity index (χ4v) is 0. The summed E-state index contributed by atoms with van der Waals surface area (Å²) in [5.41, 5.74) is 0. The Labute approximate surface area is 295 Å². The number of rotatable bonds is 0. The fourth-order valence-electron chi connectivity index (χ4n) is 0. The maximum Gasteiger partial charge on any atom is 0 e. The van der Waals surface area contributed by atoms with Gasteiger partial charge in [0.15, 0.2) is 0 Å². The summed E-state index contributed by atoms with van der Waals surface area (Å²) in [4.78, 5) is 0. The normalized spacial score (nSPS) is 1.29. The molecule has 0 unspecified atom stereocenters. The van der Waals surface area contributed by atoms with E-state index in [-0.39, 0.29) is 284 Å². The maximum absolute atomic E-state index is 3.49. The molecule has 14 heavy (non-hydrogen) atoms. The number of hydrogen-bond donors (Lipinski definition) is 0. The van der Waals surface area contributed by atoms with E-state index in [1.165, 1.54) is 0 Å². The van der Waals surface area contributed by atoms with Crippen molar-refractivity contribution in [1.29, 1.82) is 0 Å². The third kappa shape index (κ3) is 105. The van der Waals surface area contributed by atoms with Gasteiger partial charge in [-0.25, -0.2) is 0 Å². The summed E-state index contributed by atoms with van der Waals surface area (Å²) in [5, 5.41) is 0. The monoisotopic (exact) mass is 799 g/mol. The second kappa shape index (κ2) is 98.0. The molecule has 0 N–H and O–H groups in total. The van der Waals surface area contributed by atoms with Gasteiger partial charge in [-0.05, 0) is 0 Å². The Morgan fingerprint density at radius 1 is 0.571 bits per heavy atom. The Bertz CT molecular complexity index is 13.8. The van der Waals surface area contributed by atoms with Gasteiger partial charge in [-0.2, -0.15) is 6.42 Å². The van der Waals surface area contributed by atoms with Crippen molar-refractivity contribution in [3.05, 3.63) is 29.2 Å². The van der Waals surface area contributed by atoms with Gasteiger partial charge in [0, 0.05) is 262 Å². The minimum absolute atomic E-state index is 0. The Balaban J connectivity index is -0.000000000364. The maximum atomic E-state index is 3.49. The first-order valence-corrected chi connectivity index (χ1v) is 1.21. The molecule has 0 aliphatic heterocycles. The van der Waals surface area contributed by atoms with Crippen molar-refractivity contribution in [1.82, 2.24) is 0 Å². The quantitative estimate of drug-likeness (QED) is 0.331. The summed E-state index contributed by atoms with van der Waals surface area (Å²) in [6.07, 6.45) is 1.00. The van der Waals surface area contributed by atoms with E-state index in [1.54, 1.807) is 0 Å². The molecule has 0 saturated carbocycles. The zero-order valence-electron chi connectivity index (χ0n) is 10.0. The summed E-state index contributed by atoms with van der Waals surface area (Å²) < 4.78 is 0. The van der Waals surface area contributed by atoms with E-state index in [9.17, 15) is 0 Å². The van der Waals surface area contributed by atoms with Crippen LogP contribution in [0.25, 0.3) is 0 Å². The summed E-state index contributed by atoms with van der Waals surface area (Å²) in [5.74, 6) is 0. The molecule has 68 valence electrons. The van der Waals surface area contributed by atoms with Crippen LogP contribution in [0.1, 0.15) is 13.3 Å². The van der Waals surface area contributed by atoms with Gasteiger partial charge in [-0.3, -0.25) is 0 Å². The van der Waals surface area contributed by atoms with Crippen LogP contribution in [-0.2, 0) is 262 Å². The number of hydrogen-bond acceptors (Lipinski definition) is 0. The van der Waals surface area contributed by atoms with E-state index in [2.05, 4.69) is 6.92 Å². The topological polar surface area (TPSA) is 0 Å². The van der Waals surface area contributed by atoms with E-state index in [4.69, 9.17) is 0 Å². The van der Waals surface area contributed by atoms with Gasteiger partial charge >= 0.3 is 0 Å². The first-order chi connectivity index (χ1) is 1.41. The molecule has 0 bridgehead atoms. The third-order valence-electron chi connectivity index (χ3n) is 0. The van der Waals surface area contributed by atoms with Gasteiger partial charge in [0.05, 0.1) is 0 Å². The van der Waals surface area contributed by atoms with Crippen LogP contribution in [0.5, 0.6) is 0 Å². The molecule has 0 aromatic rings. The van der Waals surface area contributed by atoms with Crippen molar-refractivity contribution in [3.8, 4) is 0 Å². The van der Waals surface area contributed by atoms with E-state index < -0.39 is 0 Å². The molecule has 0 saturated heterocycles. The average molecular weight is 799 g/mol.